The second-order valence-corrected chi connectivity index (χ2v) is 4.83. The third kappa shape index (κ3) is 4.42. The molecule has 0 saturated heterocycles. The number of carbonyl (C=O) groups excluding carboxylic acids is 2. The smallest absolute Gasteiger partial charge is 0.371 e. The van der Waals surface area contributed by atoms with E-state index in [1.54, 1.807) is 0 Å². The van der Waals surface area contributed by atoms with E-state index in [1.165, 1.54) is 24.1 Å². The largest absolute Gasteiger partial charge is 0.475 e. The molecule has 0 fully saturated rings. The van der Waals surface area contributed by atoms with Gasteiger partial charge in [-0.1, -0.05) is 13.8 Å². The quantitative estimate of drug-likeness (QED) is 0.804. The van der Waals surface area contributed by atoms with Gasteiger partial charge in [0.15, 0.2) is 5.76 Å². The number of likely N-dealkylation sites (N-methyl/N-ethyl adjacent to an activating group) is 1. The van der Waals surface area contributed by atoms with Crippen molar-refractivity contribution in [1.29, 1.82) is 0 Å². The van der Waals surface area contributed by atoms with Gasteiger partial charge in [0.25, 0.3) is 5.91 Å². The third-order valence-electron chi connectivity index (χ3n) is 2.46. The summed E-state index contributed by atoms with van der Waals surface area (Å²) in [5.41, 5.74) is 0. The molecule has 0 radical (unpaired) electrons. The predicted molar refractivity (Wildman–Crippen MR) is 70.5 cm³/mol. The summed E-state index contributed by atoms with van der Waals surface area (Å²) in [5, 5.41) is 11.4. The minimum atomic E-state index is -1.25. The molecule has 0 spiro atoms. The van der Waals surface area contributed by atoms with Crippen LogP contribution in [0.2, 0.25) is 0 Å². The summed E-state index contributed by atoms with van der Waals surface area (Å²) in [4.78, 5) is 35.3. The fraction of sp³-hybridized carbons (Fsp3) is 0.462. The molecular formula is C13H18N2O5. The molecule has 0 aliphatic carbocycles. The lowest BCUT2D eigenvalue weighted by Gasteiger charge is -2.16. The van der Waals surface area contributed by atoms with Crippen molar-refractivity contribution in [2.75, 3.05) is 20.1 Å². The Morgan fingerprint density at radius 2 is 1.90 bits per heavy atom. The Bertz CT molecular complexity index is 507. The number of aromatic carboxylic acids is 1. The maximum atomic E-state index is 11.9. The van der Waals surface area contributed by atoms with E-state index in [-0.39, 0.29) is 24.0 Å². The number of nitrogens with zero attached hydrogens (tertiary/aromatic N) is 1. The highest BCUT2D eigenvalue weighted by Crippen LogP contribution is 2.10. The van der Waals surface area contributed by atoms with Crippen molar-refractivity contribution in [1.82, 2.24) is 10.2 Å². The zero-order valence-corrected chi connectivity index (χ0v) is 11.7. The van der Waals surface area contributed by atoms with Gasteiger partial charge in [-0.2, -0.15) is 0 Å². The van der Waals surface area contributed by atoms with Gasteiger partial charge in [0.1, 0.15) is 0 Å². The van der Waals surface area contributed by atoms with Crippen LogP contribution in [0, 0.1) is 5.92 Å². The minimum Gasteiger partial charge on any atom is -0.475 e. The minimum absolute atomic E-state index is 0.110. The molecule has 0 aromatic carbocycles. The standard InChI is InChI=1S/C13H18N2O5/c1-8(2)6-14-11(16)7-15(3)12(17)9-4-5-10(20-9)13(18)19/h4-5,8H,6-7H2,1-3H3,(H,14,16)(H,18,19). The van der Waals surface area contributed by atoms with Gasteiger partial charge in [0.05, 0.1) is 6.54 Å². The Labute approximate surface area is 116 Å². The topological polar surface area (TPSA) is 99.9 Å². The molecule has 2 amide bonds. The lowest BCUT2D eigenvalue weighted by atomic mass is 10.2. The maximum Gasteiger partial charge on any atom is 0.371 e. The predicted octanol–water partition coefficient (Wildman–Crippen LogP) is 0.822. The van der Waals surface area contributed by atoms with Crippen LogP contribution in [-0.4, -0.2) is 47.9 Å². The number of furan rings is 1. The lowest BCUT2D eigenvalue weighted by molar-refractivity contribution is -0.121. The van der Waals surface area contributed by atoms with E-state index < -0.39 is 11.9 Å². The molecule has 20 heavy (non-hydrogen) atoms. The van der Waals surface area contributed by atoms with E-state index in [4.69, 9.17) is 9.52 Å². The molecule has 2 N–H and O–H groups in total. The van der Waals surface area contributed by atoms with Crippen LogP contribution in [0.1, 0.15) is 35.0 Å². The summed E-state index contributed by atoms with van der Waals surface area (Å²) in [6, 6.07) is 2.47. The van der Waals surface area contributed by atoms with E-state index >= 15 is 0 Å². The van der Waals surface area contributed by atoms with Gasteiger partial charge in [-0.3, -0.25) is 9.59 Å². The molecule has 0 bridgehead atoms. The Morgan fingerprint density at radius 1 is 1.30 bits per heavy atom. The first-order valence-corrected chi connectivity index (χ1v) is 6.16. The van der Waals surface area contributed by atoms with Gasteiger partial charge >= 0.3 is 5.97 Å². The summed E-state index contributed by atoms with van der Waals surface area (Å²) in [7, 11) is 1.44. The summed E-state index contributed by atoms with van der Waals surface area (Å²) in [6.07, 6.45) is 0. The zero-order valence-electron chi connectivity index (χ0n) is 11.7. The molecule has 1 aromatic rings. The second-order valence-electron chi connectivity index (χ2n) is 4.83. The lowest BCUT2D eigenvalue weighted by Crippen LogP contribution is -2.39. The second kappa shape index (κ2) is 6.74. The van der Waals surface area contributed by atoms with Crippen molar-refractivity contribution in [3.05, 3.63) is 23.7 Å². The van der Waals surface area contributed by atoms with Crippen LogP contribution in [0.25, 0.3) is 0 Å². The monoisotopic (exact) mass is 282 g/mol. The highest BCUT2D eigenvalue weighted by atomic mass is 16.4. The molecule has 1 heterocycles. The summed E-state index contributed by atoms with van der Waals surface area (Å²) < 4.78 is 4.89. The Hall–Kier alpha value is -2.31. The van der Waals surface area contributed by atoms with Crippen LogP contribution >= 0.6 is 0 Å². The van der Waals surface area contributed by atoms with E-state index in [1.807, 2.05) is 13.8 Å². The molecule has 1 rings (SSSR count). The number of carbonyl (C=O) groups is 3. The molecular weight excluding hydrogens is 264 g/mol. The third-order valence-corrected chi connectivity index (χ3v) is 2.46. The first-order valence-electron chi connectivity index (χ1n) is 6.16. The van der Waals surface area contributed by atoms with Crippen LogP contribution < -0.4 is 5.32 Å². The van der Waals surface area contributed by atoms with Gasteiger partial charge in [-0.25, -0.2) is 4.79 Å². The molecule has 0 unspecified atom stereocenters. The summed E-state index contributed by atoms with van der Waals surface area (Å²) in [6.45, 7) is 4.34. The summed E-state index contributed by atoms with van der Waals surface area (Å²) >= 11 is 0. The van der Waals surface area contributed by atoms with Gasteiger partial charge in [-0.05, 0) is 18.1 Å². The molecule has 110 valence electrons. The fourth-order valence-corrected chi connectivity index (χ4v) is 1.42. The number of amides is 2. The first kappa shape index (κ1) is 15.7. The van der Waals surface area contributed by atoms with Gasteiger partial charge in [-0.15, -0.1) is 0 Å². The molecule has 7 nitrogen and oxygen atoms in total. The number of carboxylic acid groups (broad SMARTS) is 1. The Morgan fingerprint density at radius 3 is 2.40 bits per heavy atom. The number of carboxylic acids is 1. The number of hydrogen-bond acceptors (Lipinski definition) is 4. The van der Waals surface area contributed by atoms with E-state index in [0.717, 1.165) is 0 Å². The SMILES string of the molecule is CC(C)CNC(=O)CN(C)C(=O)c1ccc(C(=O)O)o1. The first-order chi connectivity index (χ1) is 9.31. The fourth-order valence-electron chi connectivity index (χ4n) is 1.42. The van der Waals surface area contributed by atoms with E-state index in [2.05, 4.69) is 5.32 Å². The molecule has 7 heteroatoms. The van der Waals surface area contributed by atoms with Gasteiger partial charge < -0.3 is 19.7 Å². The van der Waals surface area contributed by atoms with Crippen molar-refractivity contribution in [2.45, 2.75) is 13.8 Å². The zero-order chi connectivity index (χ0) is 15.3. The Balaban J connectivity index is 2.57. The number of rotatable bonds is 6. The normalized spacial score (nSPS) is 10.4. The van der Waals surface area contributed by atoms with Gasteiger partial charge in [0, 0.05) is 13.6 Å². The van der Waals surface area contributed by atoms with Crippen molar-refractivity contribution in [2.24, 2.45) is 5.92 Å². The Kier molecular flexibility index (Phi) is 5.31. The van der Waals surface area contributed by atoms with Crippen molar-refractivity contribution < 1.29 is 23.9 Å². The highest BCUT2D eigenvalue weighted by Gasteiger charge is 2.20. The van der Waals surface area contributed by atoms with E-state index in [0.29, 0.717) is 12.5 Å². The van der Waals surface area contributed by atoms with Crippen LogP contribution in [-0.2, 0) is 4.79 Å². The van der Waals surface area contributed by atoms with E-state index in [9.17, 15) is 14.4 Å². The van der Waals surface area contributed by atoms with Gasteiger partial charge in [0.2, 0.25) is 11.7 Å². The van der Waals surface area contributed by atoms with Crippen molar-refractivity contribution >= 4 is 17.8 Å². The molecule has 0 aliphatic rings. The van der Waals surface area contributed by atoms with Crippen LogP contribution in [0.3, 0.4) is 0 Å². The molecule has 0 atom stereocenters. The summed E-state index contributed by atoms with van der Waals surface area (Å²) in [5.74, 6) is -2.17. The molecule has 0 aliphatic heterocycles. The average Bonchev–Trinajstić information content (AvgIpc) is 2.85. The van der Waals surface area contributed by atoms with Crippen LogP contribution in [0.5, 0.6) is 0 Å². The van der Waals surface area contributed by atoms with Crippen molar-refractivity contribution in [3.8, 4) is 0 Å². The maximum absolute atomic E-state index is 11.9. The molecule has 0 saturated carbocycles. The average molecular weight is 282 g/mol. The van der Waals surface area contributed by atoms with Crippen LogP contribution in [0.15, 0.2) is 16.5 Å². The number of hydrogen-bond donors (Lipinski definition) is 2. The van der Waals surface area contributed by atoms with Crippen molar-refractivity contribution in [3.63, 3.8) is 0 Å². The highest BCUT2D eigenvalue weighted by molar-refractivity contribution is 5.95. The number of nitrogens with one attached hydrogen (secondary N) is 1. The van der Waals surface area contributed by atoms with Crippen LogP contribution in [0.4, 0.5) is 0 Å². The molecule has 1 aromatic heterocycles.